The molecule has 0 radical (unpaired) electrons. The predicted molar refractivity (Wildman–Crippen MR) is 87.6 cm³/mol. The van der Waals surface area contributed by atoms with E-state index < -0.39 is 7.82 Å². The van der Waals surface area contributed by atoms with Crippen molar-refractivity contribution in [2.45, 2.75) is 27.7 Å². The number of halogens is 1. The minimum absolute atomic E-state index is 0.380. The standard InChI is InChI=1S/C16H18ClO4P/c1-11-5-12(2)8-15(7-11)19-22(18,21-17)20-16-9-13(3)6-14(4)10-16/h5-10H,1-4H3. The lowest BCUT2D eigenvalue weighted by Crippen LogP contribution is -2.02. The maximum atomic E-state index is 12.6. The molecule has 22 heavy (non-hydrogen) atoms. The number of phosphoric ester groups is 1. The largest absolute Gasteiger partial charge is 0.604 e. The average Bonchev–Trinajstić information content (AvgIpc) is 2.35. The van der Waals surface area contributed by atoms with Gasteiger partial charge in [-0.1, -0.05) is 12.1 Å². The molecule has 0 aliphatic rings. The lowest BCUT2D eigenvalue weighted by atomic mass is 10.1. The fourth-order valence-corrected chi connectivity index (χ4v) is 3.27. The Kier molecular flexibility index (Phi) is 5.17. The summed E-state index contributed by atoms with van der Waals surface area (Å²) in [6.07, 6.45) is 0. The lowest BCUT2D eigenvalue weighted by Gasteiger charge is -2.17. The quantitative estimate of drug-likeness (QED) is 0.659. The highest BCUT2D eigenvalue weighted by Crippen LogP contribution is 2.51. The summed E-state index contributed by atoms with van der Waals surface area (Å²) < 4.78 is 27.8. The van der Waals surface area contributed by atoms with Crippen LogP contribution in [0.4, 0.5) is 0 Å². The van der Waals surface area contributed by atoms with Crippen molar-refractivity contribution in [2.75, 3.05) is 0 Å². The van der Waals surface area contributed by atoms with E-state index in [1.807, 2.05) is 39.8 Å². The van der Waals surface area contributed by atoms with Crippen LogP contribution in [-0.4, -0.2) is 0 Å². The molecule has 0 aromatic heterocycles. The molecule has 0 saturated carbocycles. The summed E-state index contributed by atoms with van der Waals surface area (Å²) in [5.41, 5.74) is 3.90. The molecule has 0 fully saturated rings. The van der Waals surface area contributed by atoms with E-state index in [0.717, 1.165) is 22.3 Å². The lowest BCUT2D eigenvalue weighted by molar-refractivity contribution is 0.308. The van der Waals surface area contributed by atoms with Gasteiger partial charge >= 0.3 is 7.82 Å². The van der Waals surface area contributed by atoms with Gasteiger partial charge in [0.1, 0.15) is 11.5 Å². The molecular weight excluding hydrogens is 323 g/mol. The fourth-order valence-electron chi connectivity index (χ4n) is 2.28. The van der Waals surface area contributed by atoms with Crippen LogP contribution in [0.15, 0.2) is 36.4 Å². The number of phosphoric acid groups is 1. The maximum Gasteiger partial charge on any atom is 0.604 e. The Balaban J connectivity index is 2.26. The van der Waals surface area contributed by atoms with E-state index in [9.17, 15) is 4.57 Å². The molecule has 0 saturated heterocycles. The first-order valence-corrected chi connectivity index (χ1v) is 8.53. The zero-order valence-electron chi connectivity index (χ0n) is 12.9. The van der Waals surface area contributed by atoms with Crippen LogP contribution in [0.5, 0.6) is 11.5 Å². The van der Waals surface area contributed by atoms with Crippen LogP contribution < -0.4 is 9.05 Å². The van der Waals surface area contributed by atoms with Gasteiger partial charge in [-0.25, -0.2) is 4.57 Å². The van der Waals surface area contributed by atoms with E-state index in [2.05, 4.69) is 4.08 Å². The SMILES string of the molecule is Cc1cc(C)cc(OP(=O)(OCl)Oc2cc(C)cc(C)c2)c1. The van der Waals surface area contributed by atoms with Gasteiger partial charge in [0, 0.05) is 0 Å². The Morgan fingerprint density at radius 1 is 0.727 bits per heavy atom. The molecule has 0 aliphatic heterocycles. The van der Waals surface area contributed by atoms with Crippen molar-refractivity contribution in [1.82, 2.24) is 0 Å². The molecule has 4 nitrogen and oxygen atoms in total. The van der Waals surface area contributed by atoms with Crippen LogP contribution in [0.1, 0.15) is 22.3 Å². The number of benzene rings is 2. The van der Waals surface area contributed by atoms with E-state index in [0.29, 0.717) is 11.5 Å². The molecule has 0 N–H and O–H groups in total. The third kappa shape index (κ3) is 4.51. The van der Waals surface area contributed by atoms with Crippen LogP contribution in [0.2, 0.25) is 0 Å². The molecule has 0 atom stereocenters. The van der Waals surface area contributed by atoms with Crippen LogP contribution in [0.3, 0.4) is 0 Å². The Morgan fingerprint density at radius 2 is 1.05 bits per heavy atom. The Morgan fingerprint density at radius 3 is 1.32 bits per heavy atom. The molecule has 118 valence electrons. The van der Waals surface area contributed by atoms with Gasteiger partial charge in [-0.3, -0.25) is 0 Å². The average molecular weight is 341 g/mol. The molecule has 6 heteroatoms. The van der Waals surface area contributed by atoms with E-state index in [-0.39, 0.29) is 0 Å². The van der Waals surface area contributed by atoms with Crippen molar-refractivity contribution in [1.29, 1.82) is 0 Å². The topological polar surface area (TPSA) is 44.8 Å². The van der Waals surface area contributed by atoms with Gasteiger partial charge in [-0.05, 0) is 74.2 Å². The van der Waals surface area contributed by atoms with Crippen molar-refractivity contribution in [3.05, 3.63) is 58.7 Å². The smallest absolute Gasteiger partial charge is 0.394 e. The third-order valence-corrected chi connectivity index (χ3v) is 4.45. The summed E-state index contributed by atoms with van der Waals surface area (Å²) in [5.74, 6) is 0.761. The van der Waals surface area contributed by atoms with Crippen LogP contribution in [-0.2, 0) is 8.64 Å². The second kappa shape index (κ2) is 6.74. The van der Waals surface area contributed by atoms with Crippen molar-refractivity contribution in [2.24, 2.45) is 0 Å². The van der Waals surface area contributed by atoms with E-state index in [1.54, 1.807) is 24.3 Å². The first kappa shape index (κ1) is 16.9. The monoisotopic (exact) mass is 340 g/mol. The molecule has 2 rings (SSSR count). The van der Waals surface area contributed by atoms with Gasteiger partial charge in [0.05, 0.1) is 11.9 Å². The molecule has 0 unspecified atom stereocenters. The third-order valence-electron chi connectivity index (χ3n) is 2.91. The molecule has 2 aromatic carbocycles. The summed E-state index contributed by atoms with van der Waals surface area (Å²) in [4.78, 5) is 0. The van der Waals surface area contributed by atoms with Crippen LogP contribution in [0.25, 0.3) is 0 Å². The summed E-state index contributed by atoms with van der Waals surface area (Å²) in [7, 11) is -3.96. The minimum atomic E-state index is -3.96. The number of hydrogen-bond acceptors (Lipinski definition) is 4. The fraction of sp³-hybridized carbons (Fsp3) is 0.250. The zero-order chi connectivity index (χ0) is 16.3. The highest BCUT2D eigenvalue weighted by atomic mass is 35.5. The first-order chi connectivity index (χ1) is 10.3. The predicted octanol–water partition coefficient (Wildman–Crippen LogP) is 5.66. The summed E-state index contributed by atoms with van der Waals surface area (Å²) >= 11 is 5.35. The van der Waals surface area contributed by atoms with Gasteiger partial charge in [-0.2, -0.15) is 4.08 Å². The normalized spacial score (nSPS) is 11.3. The van der Waals surface area contributed by atoms with Gasteiger partial charge in [0.25, 0.3) is 0 Å². The summed E-state index contributed by atoms with van der Waals surface area (Å²) in [5, 5.41) is 0. The van der Waals surface area contributed by atoms with Crippen LogP contribution in [0, 0.1) is 27.7 Å². The highest BCUT2D eigenvalue weighted by Gasteiger charge is 2.31. The first-order valence-electron chi connectivity index (χ1n) is 6.76. The van der Waals surface area contributed by atoms with Gasteiger partial charge < -0.3 is 9.05 Å². The zero-order valence-corrected chi connectivity index (χ0v) is 14.6. The molecule has 0 amide bonds. The summed E-state index contributed by atoms with van der Waals surface area (Å²) in [6, 6.07) is 10.9. The van der Waals surface area contributed by atoms with E-state index in [1.165, 1.54) is 0 Å². The second-order valence-corrected chi connectivity index (χ2v) is 7.16. The molecule has 0 spiro atoms. The van der Waals surface area contributed by atoms with Crippen molar-refractivity contribution >= 4 is 19.7 Å². The van der Waals surface area contributed by atoms with E-state index in [4.69, 9.17) is 20.9 Å². The Bertz CT molecular complexity index is 632. The second-order valence-electron chi connectivity index (χ2n) is 5.35. The molecule has 0 aliphatic carbocycles. The summed E-state index contributed by atoms with van der Waals surface area (Å²) in [6.45, 7) is 7.66. The number of rotatable bonds is 5. The Labute approximate surface area is 135 Å². The van der Waals surface area contributed by atoms with Gasteiger partial charge in [-0.15, -0.1) is 0 Å². The number of aryl methyl sites for hydroxylation is 4. The van der Waals surface area contributed by atoms with Crippen molar-refractivity contribution < 1.29 is 17.7 Å². The van der Waals surface area contributed by atoms with Crippen molar-refractivity contribution in [3.8, 4) is 11.5 Å². The Hall–Kier alpha value is -1.48. The minimum Gasteiger partial charge on any atom is -0.394 e. The highest BCUT2D eigenvalue weighted by molar-refractivity contribution is 7.50. The molecule has 0 bridgehead atoms. The molecular formula is C16H18ClO4P. The van der Waals surface area contributed by atoms with Crippen molar-refractivity contribution in [3.63, 3.8) is 0 Å². The van der Waals surface area contributed by atoms with E-state index >= 15 is 0 Å². The van der Waals surface area contributed by atoms with Gasteiger partial charge in [0.15, 0.2) is 0 Å². The maximum absolute atomic E-state index is 12.6. The molecule has 0 heterocycles. The van der Waals surface area contributed by atoms with Crippen LogP contribution >= 0.6 is 19.7 Å². The number of hydrogen-bond donors (Lipinski definition) is 0. The van der Waals surface area contributed by atoms with Gasteiger partial charge in [0.2, 0.25) is 0 Å². The molecule has 2 aromatic rings.